The summed E-state index contributed by atoms with van der Waals surface area (Å²) in [6, 6.07) is 16.1. The van der Waals surface area contributed by atoms with Gasteiger partial charge in [0.05, 0.1) is 5.97 Å². The molecule has 0 aromatic heterocycles. The second kappa shape index (κ2) is 6.93. The summed E-state index contributed by atoms with van der Waals surface area (Å²) >= 11 is 0. The molecule has 3 nitrogen and oxygen atoms in total. The first kappa shape index (κ1) is 14.4. The van der Waals surface area contributed by atoms with Crippen LogP contribution in [0.5, 0.6) is 0 Å². The molecule has 1 N–H and O–H groups in total. The van der Waals surface area contributed by atoms with E-state index < -0.39 is 5.97 Å². The van der Waals surface area contributed by atoms with Crippen LogP contribution in [0.15, 0.2) is 54.6 Å². The van der Waals surface area contributed by atoms with Gasteiger partial charge in [-0.15, -0.1) is 0 Å². The van der Waals surface area contributed by atoms with E-state index in [1.807, 2.05) is 30.3 Å². The van der Waals surface area contributed by atoms with Crippen molar-refractivity contribution in [2.24, 2.45) is 0 Å². The largest absolute Gasteiger partial charge is 1.00 e. The number of carboxylic acids is 1. The van der Waals surface area contributed by atoms with Crippen molar-refractivity contribution >= 4 is 17.3 Å². The number of carboxylic acid groups (broad SMARTS) is 1. The van der Waals surface area contributed by atoms with E-state index in [0.717, 1.165) is 5.69 Å². The van der Waals surface area contributed by atoms with E-state index in [0.29, 0.717) is 5.69 Å². The van der Waals surface area contributed by atoms with Gasteiger partial charge in [0, 0.05) is 16.9 Å². The van der Waals surface area contributed by atoms with Crippen molar-refractivity contribution in [3.8, 4) is 0 Å². The van der Waals surface area contributed by atoms with E-state index in [1.54, 1.807) is 18.2 Å². The van der Waals surface area contributed by atoms with Crippen molar-refractivity contribution in [2.45, 2.75) is 0 Å². The van der Waals surface area contributed by atoms with E-state index in [9.17, 15) is 9.90 Å². The van der Waals surface area contributed by atoms with Crippen LogP contribution in [0.1, 0.15) is 10.4 Å². The molecular weight excluding hydrogens is 241 g/mol. The fraction of sp³-hybridized carbons (Fsp3) is 0. The molecule has 17 heavy (non-hydrogen) atoms. The van der Waals surface area contributed by atoms with Crippen LogP contribution in [0, 0.1) is 0 Å². The standard InChI is InChI=1S/C13H11NO2.K/c15-13(16)11-8-4-5-9-12(11)14-10-6-2-1-3-7-10;/h1-9,14H,(H,15,16);/q;+1/p-1. The molecule has 2 aromatic rings. The zero-order valence-electron chi connectivity index (χ0n) is 9.51. The Bertz CT molecular complexity index is 500. The van der Waals surface area contributed by atoms with E-state index in [4.69, 9.17) is 0 Å². The number of carbonyl (C=O) groups excluding carboxylic acids is 1. The van der Waals surface area contributed by atoms with Crippen molar-refractivity contribution in [2.75, 3.05) is 5.32 Å². The first-order chi connectivity index (χ1) is 7.77. The third-order valence-electron chi connectivity index (χ3n) is 2.20. The van der Waals surface area contributed by atoms with Gasteiger partial charge in [0.2, 0.25) is 0 Å². The summed E-state index contributed by atoms with van der Waals surface area (Å²) in [6.45, 7) is 0. The molecular formula is C13H10KNO2. The maximum atomic E-state index is 10.9. The van der Waals surface area contributed by atoms with E-state index in [-0.39, 0.29) is 56.9 Å². The molecule has 0 heterocycles. The van der Waals surface area contributed by atoms with Gasteiger partial charge >= 0.3 is 51.4 Å². The molecule has 0 spiro atoms. The average molecular weight is 251 g/mol. The summed E-state index contributed by atoms with van der Waals surface area (Å²) in [5.41, 5.74) is 1.54. The molecule has 0 unspecified atom stereocenters. The van der Waals surface area contributed by atoms with Crippen LogP contribution >= 0.6 is 0 Å². The van der Waals surface area contributed by atoms with Crippen molar-refractivity contribution in [3.63, 3.8) is 0 Å². The van der Waals surface area contributed by atoms with E-state index in [1.165, 1.54) is 6.07 Å². The molecule has 0 bridgehead atoms. The number of hydrogen-bond donors (Lipinski definition) is 1. The Kier molecular flexibility index (Phi) is 5.87. The molecule has 0 amide bonds. The van der Waals surface area contributed by atoms with Gasteiger partial charge in [-0.3, -0.25) is 0 Å². The maximum Gasteiger partial charge on any atom is 1.00 e. The molecule has 4 heteroatoms. The number of anilines is 2. The smallest absolute Gasteiger partial charge is 0.545 e. The minimum Gasteiger partial charge on any atom is -0.545 e. The SMILES string of the molecule is O=C([O-])c1ccccc1Nc1ccccc1.[K+]. The van der Waals surface area contributed by atoms with Gasteiger partial charge in [-0.25, -0.2) is 0 Å². The van der Waals surface area contributed by atoms with Crippen LogP contribution in [0.25, 0.3) is 0 Å². The van der Waals surface area contributed by atoms with Crippen LogP contribution in [-0.2, 0) is 0 Å². The minimum absolute atomic E-state index is 0. The summed E-state index contributed by atoms with van der Waals surface area (Å²) in [4.78, 5) is 10.9. The molecule has 0 fully saturated rings. The topological polar surface area (TPSA) is 52.2 Å². The van der Waals surface area contributed by atoms with Crippen molar-refractivity contribution in [1.29, 1.82) is 0 Å². The van der Waals surface area contributed by atoms with Gasteiger partial charge in [0.1, 0.15) is 0 Å². The van der Waals surface area contributed by atoms with Crippen LogP contribution in [0.3, 0.4) is 0 Å². The molecule has 0 aliphatic heterocycles. The zero-order chi connectivity index (χ0) is 11.4. The monoisotopic (exact) mass is 251 g/mol. The average Bonchev–Trinajstić information content (AvgIpc) is 2.31. The second-order valence-corrected chi connectivity index (χ2v) is 3.32. The summed E-state index contributed by atoms with van der Waals surface area (Å²) < 4.78 is 0. The summed E-state index contributed by atoms with van der Waals surface area (Å²) in [6.07, 6.45) is 0. The molecule has 0 saturated heterocycles. The number of benzene rings is 2. The molecule has 2 aromatic carbocycles. The number of carbonyl (C=O) groups is 1. The van der Waals surface area contributed by atoms with Crippen molar-refractivity contribution in [1.82, 2.24) is 0 Å². The second-order valence-electron chi connectivity index (χ2n) is 3.32. The quantitative estimate of drug-likeness (QED) is 0.697. The van der Waals surface area contributed by atoms with Crippen LogP contribution < -0.4 is 61.8 Å². The Hall–Kier alpha value is -0.654. The number of para-hydroxylation sites is 2. The third kappa shape index (κ3) is 3.94. The predicted molar refractivity (Wildman–Crippen MR) is 60.5 cm³/mol. The minimum atomic E-state index is -1.18. The third-order valence-corrected chi connectivity index (χ3v) is 2.20. The first-order valence-electron chi connectivity index (χ1n) is 4.90. The van der Waals surface area contributed by atoms with Gasteiger partial charge in [0.15, 0.2) is 0 Å². The molecule has 80 valence electrons. The number of nitrogens with one attached hydrogen (secondary N) is 1. The van der Waals surface area contributed by atoms with E-state index in [2.05, 4.69) is 5.32 Å². The molecule has 0 aliphatic rings. The van der Waals surface area contributed by atoms with Crippen molar-refractivity contribution in [3.05, 3.63) is 60.2 Å². The Balaban J connectivity index is 0.00000144. The van der Waals surface area contributed by atoms with Crippen LogP contribution in [-0.4, -0.2) is 5.97 Å². The maximum absolute atomic E-state index is 10.9. The molecule has 0 atom stereocenters. The normalized spacial score (nSPS) is 9.18. The van der Waals surface area contributed by atoms with Gasteiger partial charge in [0.25, 0.3) is 0 Å². The fourth-order valence-electron chi connectivity index (χ4n) is 1.45. The number of aromatic carboxylic acids is 1. The number of rotatable bonds is 3. The predicted octanol–water partition coefficient (Wildman–Crippen LogP) is -1.20. The first-order valence-corrected chi connectivity index (χ1v) is 4.90. The van der Waals surface area contributed by atoms with Gasteiger partial charge in [-0.1, -0.05) is 36.4 Å². The van der Waals surface area contributed by atoms with Crippen LogP contribution in [0.4, 0.5) is 11.4 Å². The van der Waals surface area contributed by atoms with Gasteiger partial charge < -0.3 is 15.2 Å². The van der Waals surface area contributed by atoms with Gasteiger partial charge in [-0.2, -0.15) is 0 Å². The van der Waals surface area contributed by atoms with Gasteiger partial charge in [-0.05, 0) is 18.2 Å². The molecule has 0 saturated carbocycles. The Morgan fingerprint density at radius 1 is 0.941 bits per heavy atom. The molecule has 0 radical (unpaired) electrons. The Labute approximate surface area is 142 Å². The van der Waals surface area contributed by atoms with Crippen LogP contribution in [0.2, 0.25) is 0 Å². The summed E-state index contributed by atoms with van der Waals surface area (Å²) in [5, 5.41) is 13.9. The van der Waals surface area contributed by atoms with Crippen molar-refractivity contribution < 1.29 is 61.3 Å². The molecule has 2 rings (SSSR count). The summed E-state index contributed by atoms with van der Waals surface area (Å²) in [7, 11) is 0. The molecule has 0 aliphatic carbocycles. The zero-order valence-corrected chi connectivity index (χ0v) is 12.6. The van der Waals surface area contributed by atoms with E-state index >= 15 is 0 Å². The Morgan fingerprint density at radius 2 is 1.53 bits per heavy atom. The fourth-order valence-corrected chi connectivity index (χ4v) is 1.45. The Morgan fingerprint density at radius 3 is 2.18 bits per heavy atom. The summed E-state index contributed by atoms with van der Waals surface area (Å²) in [5.74, 6) is -1.18. The number of hydrogen-bond acceptors (Lipinski definition) is 3.